The number of aliphatic imine (C=N–C) groups is 1. The van der Waals surface area contributed by atoms with E-state index >= 15 is 0 Å². The fraction of sp³-hybridized carbons (Fsp3) is 0.650. The molecule has 0 aliphatic carbocycles. The van der Waals surface area contributed by atoms with Crippen LogP contribution < -0.4 is 10.6 Å². The Morgan fingerprint density at radius 2 is 1.90 bits per heavy atom. The molecule has 0 unspecified atom stereocenters. The second kappa shape index (κ2) is 13.1. The first-order valence-electron chi connectivity index (χ1n) is 10.2. The first kappa shape index (κ1) is 24.0. The van der Waals surface area contributed by atoms with Crippen LogP contribution in [0.5, 0.6) is 0 Å². The number of nitrogens with zero attached hydrogens (tertiary/aromatic N) is 2. The van der Waals surface area contributed by atoms with E-state index < -0.39 is 10.0 Å². The highest BCUT2D eigenvalue weighted by Gasteiger charge is 2.25. The summed E-state index contributed by atoms with van der Waals surface area (Å²) in [7, 11) is -3.36. The quantitative estimate of drug-likeness (QED) is 0.310. The summed E-state index contributed by atoms with van der Waals surface area (Å²) in [6, 6.07) is 7.65. The Balaban J connectivity index is 2.01. The monoisotopic (exact) mass is 442 g/mol. The fourth-order valence-electron chi connectivity index (χ4n) is 3.05. The molecule has 0 amide bonds. The zero-order valence-electron chi connectivity index (χ0n) is 17.5. The highest BCUT2D eigenvalue weighted by atomic mass is 32.2. The maximum atomic E-state index is 12.8. The van der Waals surface area contributed by atoms with E-state index in [2.05, 4.69) is 21.9 Å². The molecule has 164 valence electrons. The Kier molecular flexibility index (Phi) is 10.8. The molecule has 2 rings (SSSR count). The molecule has 29 heavy (non-hydrogen) atoms. The Labute approximate surface area is 179 Å². The largest absolute Gasteiger partial charge is 0.379 e. The van der Waals surface area contributed by atoms with Gasteiger partial charge in [-0.05, 0) is 42.9 Å². The molecule has 0 bridgehead atoms. The summed E-state index contributed by atoms with van der Waals surface area (Å²) in [5.41, 5.74) is 1.74. The lowest BCUT2D eigenvalue weighted by atomic mass is 10.1. The van der Waals surface area contributed by atoms with Gasteiger partial charge in [0.2, 0.25) is 10.0 Å². The van der Waals surface area contributed by atoms with Crippen LogP contribution in [0.15, 0.2) is 29.3 Å². The van der Waals surface area contributed by atoms with E-state index in [1.54, 1.807) is 0 Å². The smallest absolute Gasteiger partial charge is 0.218 e. The number of unbranched alkanes of at least 4 members (excludes halogenated alkanes) is 1. The van der Waals surface area contributed by atoms with Crippen molar-refractivity contribution in [2.45, 2.75) is 32.1 Å². The lowest BCUT2D eigenvalue weighted by Crippen LogP contribution is -2.41. The number of hydrogen-bond donors (Lipinski definition) is 2. The second-order valence-corrected chi connectivity index (χ2v) is 9.81. The summed E-state index contributed by atoms with van der Waals surface area (Å²) in [4.78, 5) is 4.67. The van der Waals surface area contributed by atoms with Crippen molar-refractivity contribution in [3.63, 3.8) is 0 Å². The Morgan fingerprint density at radius 1 is 1.17 bits per heavy atom. The van der Waals surface area contributed by atoms with Crippen molar-refractivity contribution >= 4 is 27.7 Å². The van der Waals surface area contributed by atoms with Crippen LogP contribution in [0.1, 0.15) is 30.9 Å². The Morgan fingerprint density at radius 3 is 2.59 bits per heavy atom. The second-order valence-electron chi connectivity index (χ2n) is 6.86. The minimum Gasteiger partial charge on any atom is -0.379 e. The van der Waals surface area contributed by atoms with Crippen molar-refractivity contribution < 1.29 is 13.2 Å². The van der Waals surface area contributed by atoms with Gasteiger partial charge in [0.1, 0.15) is 0 Å². The van der Waals surface area contributed by atoms with Crippen LogP contribution in [0.25, 0.3) is 0 Å². The molecule has 0 saturated carbocycles. The predicted octanol–water partition coefficient (Wildman–Crippen LogP) is 2.05. The standard InChI is InChI=1S/C20H34N4O3S2/c1-3-21-20(22-10-6-7-15-28-2)23-16-18-8-4-5-9-19(18)17-29(25,26)24-11-13-27-14-12-24/h4-5,8-9H,3,6-7,10-17H2,1-2H3,(H2,21,22,23). The van der Waals surface area contributed by atoms with Crippen molar-refractivity contribution in [1.29, 1.82) is 0 Å². The number of rotatable bonds is 11. The van der Waals surface area contributed by atoms with Crippen molar-refractivity contribution in [1.82, 2.24) is 14.9 Å². The molecule has 1 aromatic rings. The summed E-state index contributed by atoms with van der Waals surface area (Å²) in [6.07, 6.45) is 4.39. The number of benzene rings is 1. The number of hydrogen-bond acceptors (Lipinski definition) is 5. The van der Waals surface area contributed by atoms with E-state index in [-0.39, 0.29) is 5.75 Å². The summed E-state index contributed by atoms with van der Waals surface area (Å²) in [5.74, 6) is 1.93. The average Bonchev–Trinajstić information content (AvgIpc) is 2.73. The summed E-state index contributed by atoms with van der Waals surface area (Å²) < 4.78 is 32.4. The predicted molar refractivity (Wildman–Crippen MR) is 122 cm³/mol. The highest BCUT2D eigenvalue weighted by Crippen LogP contribution is 2.17. The number of sulfonamides is 1. The molecule has 1 aliphatic heterocycles. The highest BCUT2D eigenvalue weighted by molar-refractivity contribution is 7.98. The molecule has 1 aromatic carbocycles. The zero-order valence-corrected chi connectivity index (χ0v) is 19.2. The third kappa shape index (κ3) is 8.54. The van der Waals surface area contributed by atoms with Crippen molar-refractivity contribution in [2.24, 2.45) is 4.99 Å². The van der Waals surface area contributed by atoms with Gasteiger partial charge in [-0.2, -0.15) is 16.1 Å². The first-order valence-corrected chi connectivity index (χ1v) is 13.2. The van der Waals surface area contributed by atoms with Gasteiger partial charge in [0.25, 0.3) is 0 Å². The van der Waals surface area contributed by atoms with Crippen LogP contribution in [0.3, 0.4) is 0 Å². The number of thioether (sulfide) groups is 1. The van der Waals surface area contributed by atoms with Crippen LogP contribution in [-0.2, 0) is 27.1 Å². The number of guanidine groups is 1. The minimum absolute atomic E-state index is 0.00263. The molecular formula is C20H34N4O3S2. The van der Waals surface area contributed by atoms with Gasteiger partial charge in [-0.25, -0.2) is 13.4 Å². The van der Waals surface area contributed by atoms with Gasteiger partial charge in [-0.15, -0.1) is 0 Å². The molecule has 9 heteroatoms. The Bertz CT molecular complexity index is 735. The fourth-order valence-corrected chi connectivity index (χ4v) is 5.10. The molecule has 0 spiro atoms. The zero-order chi connectivity index (χ0) is 21.0. The summed E-state index contributed by atoms with van der Waals surface area (Å²) >= 11 is 1.86. The minimum atomic E-state index is -3.36. The van der Waals surface area contributed by atoms with Gasteiger partial charge in [0.15, 0.2) is 5.96 Å². The number of nitrogens with one attached hydrogen (secondary N) is 2. The normalized spacial score (nSPS) is 16.0. The molecule has 1 heterocycles. The van der Waals surface area contributed by atoms with Crippen LogP contribution in [0.4, 0.5) is 0 Å². The van der Waals surface area contributed by atoms with Crippen LogP contribution in [0, 0.1) is 0 Å². The van der Waals surface area contributed by atoms with E-state index in [1.807, 2.05) is 43.0 Å². The van der Waals surface area contributed by atoms with Gasteiger partial charge in [-0.1, -0.05) is 24.3 Å². The van der Waals surface area contributed by atoms with Crippen LogP contribution in [-0.4, -0.2) is 70.1 Å². The molecule has 1 saturated heterocycles. The van der Waals surface area contributed by atoms with Gasteiger partial charge in [0, 0.05) is 26.2 Å². The molecule has 1 fully saturated rings. The third-order valence-electron chi connectivity index (χ3n) is 4.64. The molecule has 1 aliphatic rings. The topological polar surface area (TPSA) is 83.0 Å². The van der Waals surface area contributed by atoms with Crippen LogP contribution in [0.2, 0.25) is 0 Å². The number of ether oxygens (including phenoxy) is 1. The van der Waals surface area contributed by atoms with Crippen molar-refractivity contribution in [3.05, 3.63) is 35.4 Å². The molecule has 0 aromatic heterocycles. The molecule has 2 N–H and O–H groups in total. The first-order chi connectivity index (χ1) is 14.1. The lowest BCUT2D eigenvalue weighted by Gasteiger charge is -2.26. The molecule has 0 atom stereocenters. The lowest BCUT2D eigenvalue weighted by molar-refractivity contribution is 0.0729. The molecular weight excluding hydrogens is 408 g/mol. The summed E-state index contributed by atoms with van der Waals surface area (Å²) in [6.45, 7) is 5.90. The van der Waals surface area contributed by atoms with Crippen LogP contribution >= 0.6 is 11.8 Å². The van der Waals surface area contributed by atoms with E-state index in [4.69, 9.17) is 4.74 Å². The van der Waals surface area contributed by atoms with Crippen molar-refractivity contribution in [2.75, 3.05) is 51.4 Å². The van der Waals surface area contributed by atoms with E-state index in [9.17, 15) is 8.42 Å². The average molecular weight is 443 g/mol. The van der Waals surface area contributed by atoms with Gasteiger partial charge >= 0.3 is 0 Å². The maximum absolute atomic E-state index is 12.8. The SMILES string of the molecule is CCNC(=NCc1ccccc1CS(=O)(=O)N1CCOCC1)NCCCCSC. The van der Waals surface area contributed by atoms with Gasteiger partial charge in [0.05, 0.1) is 25.5 Å². The number of morpholine rings is 1. The van der Waals surface area contributed by atoms with Gasteiger partial charge < -0.3 is 15.4 Å². The van der Waals surface area contributed by atoms with Gasteiger partial charge in [-0.3, -0.25) is 0 Å². The van der Waals surface area contributed by atoms with E-state index in [0.29, 0.717) is 32.8 Å². The van der Waals surface area contributed by atoms with E-state index in [1.165, 1.54) is 16.5 Å². The molecule has 0 radical (unpaired) electrons. The molecule has 7 nitrogen and oxygen atoms in total. The maximum Gasteiger partial charge on any atom is 0.218 e. The van der Waals surface area contributed by atoms with E-state index in [0.717, 1.165) is 36.6 Å². The summed E-state index contributed by atoms with van der Waals surface area (Å²) in [5, 5.41) is 6.61. The Hall–Kier alpha value is -1.29. The van der Waals surface area contributed by atoms with Crippen molar-refractivity contribution in [3.8, 4) is 0 Å². The third-order valence-corrected chi connectivity index (χ3v) is 7.16.